The molecule has 1 aliphatic rings. The Balaban J connectivity index is 2.81. The molecule has 0 spiro atoms. The van der Waals surface area contributed by atoms with Crippen molar-refractivity contribution >= 4 is 11.9 Å². The number of aliphatic carboxylic acids is 2. The van der Waals surface area contributed by atoms with Crippen LogP contribution in [0.3, 0.4) is 0 Å². The van der Waals surface area contributed by atoms with Gasteiger partial charge in [-0.05, 0) is 25.0 Å². The molecule has 0 aliphatic heterocycles. The highest BCUT2D eigenvalue weighted by molar-refractivity contribution is 5.92. The highest BCUT2D eigenvalue weighted by atomic mass is 16.5. The maximum atomic E-state index is 12.2. The van der Waals surface area contributed by atoms with Gasteiger partial charge in [0.15, 0.2) is 0 Å². The van der Waals surface area contributed by atoms with Gasteiger partial charge in [0.1, 0.15) is 11.7 Å². The third kappa shape index (κ3) is 8.31. The summed E-state index contributed by atoms with van der Waals surface area (Å²) in [5.74, 6) is -4.17. The zero-order valence-corrected chi connectivity index (χ0v) is 19.6. The van der Waals surface area contributed by atoms with Crippen LogP contribution in [0.2, 0.25) is 0 Å². The standard InChI is InChI=1S/C25H39NO6/c1-3-5-7-9-11-13-15-31-21-17-20(19-26)25(24(29)30,22(18-21)23(27)28)32-16-14-12-10-8-6-4-2/h17-18,22H,3-16H2,1-2H3,(H,27,28)(H,29,30). The first kappa shape index (κ1) is 27.7. The third-order valence-electron chi connectivity index (χ3n) is 5.75. The van der Waals surface area contributed by atoms with Crippen LogP contribution in [0.1, 0.15) is 90.9 Å². The van der Waals surface area contributed by atoms with Gasteiger partial charge in [0.2, 0.25) is 5.60 Å². The maximum absolute atomic E-state index is 12.2. The molecule has 180 valence electrons. The molecule has 2 atom stereocenters. The first-order valence-electron chi connectivity index (χ1n) is 12.0. The van der Waals surface area contributed by atoms with Crippen molar-refractivity contribution in [3.63, 3.8) is 0 Å². The monoisotopic (exact) mass is 449 g/mol. The Morgan fingerprint density at radius 1 is 0.938 bits per heavy atom. The van der Waals surface area contributed by atoms with Crippen molar-refractivity contribution in [1.29, 1.82) is 5.26 Å². The first-order chi connectivity index (χ1) is 15.4. The van der Waals surface area contributed by atoms with Gasteiger partial charge < -0.3 is 19.7 Å². The molecule has 1 rings (SSSR count). The summed E-state index contributed by atoms with van der Waals surface area (Å²) < 4.78 is 11.4. The van der Waals surface area contributed by atoms with E-state index in [0.29, 0.717) is 13.0 Å². The van der Waals surface area contributed by atoms with Crippen LogP contribution in [-0.2, 0) is 19.1 Å². The number of allylic oxidation sites excluding steroid dienone is 1. The molecule has 7 nitrogen and oxygen atoms in total. The van der Waals surface area contributed by atoms with Gasteiger partial charge in [0.05, 0.1) is 18.2 Å². The fourth-order valence-electron chi connectivity index (χ4n) is 3.86. The van der Waals surface area contributed by atoms with Gasteiger partial charge in [-0.3, -0.25) is 4.79 Å². The fraction of sp³-hybridized carbons (Fsp3) is 0.720. The molecular formula is C25H39NO6. The number of nitrogens with zero attached hydrogens (tertiary/aromatic N) is 1. The van der Waals surface area contributed by atoms with Gasteiger partial charge >= 0.3 is 11.9 Å². The van der Waals surface area contributed by atoms with Gasteiger partial charge in [0, 0.05) is 6.61 Å². The molecule has 0 aromatic carbocycles. The Kier molecular flexibility index (Phi) is 13.4. The summed E-state index contributed by atoms with van der Waals surface area (Å²) in [5, 5.41) is 29.3. The molecule has 0 heterocycles. The lowest BCUT2D eigenvalue weighted by atomic mass is 9.77. The van der Waals surface area contributed by atoms with E-state index < -0.39 is 23.5 Å². The molecule has 2 unspecified atom stereocenters. The summed E-state index contributed by atoms with van der Waals surface area (Å²) in [7, 11) is 0. The van der Waals surface area contributed by atoms with Crippen molar-refractivity contribution in [3.8, 4) is 6.07 Å². The number of hydrogen-bond acceptors (Lipinski definition) is 5. The van der Waals surface area contributed by atoms with Crippen LogP contribution in [0.4, 0.5) is 0 Å². The lowest BCUT2D eigenvalue weighted by molar-refractivity contribution is -0.173. The minimum atomic E-state index is -2.24. The van der Waals surface area contributed by atoms with E-state index in [1.807, 2.05) is 6.07 Å². The van der Waals surface area contributed by atoms with Crippen LogP contribution in [-0.4, -0.2) is 41.0 Å². The predicted molar refractivity (Wildman–Crippen MR) is 122 cm³/mol. The van der Waals surface area contributed by atoms with E-state index in [-0.39, 0.29) is 17.9 Å². The summed E-state index contributed by atoms with van der Waals surface area (Å²) in [4.78, 5) is 24.2. The second kappa shape index (κ2) is 15.5. The van der Waals surface area contributed by atoms with E-state index in [2.05, 4.69) is 13.8 Å². The number of carboxylic acids is 2. The number of nitriles is 1. The SMILES string of the molecule is CCCCCCCCOC1=CC(C(=O)O)C(OCCCCCCCC)(C(=O)O)C(C#N)=C1. The van der Waals surface area contributed by atoms with Gasteiger partial charge in [-0.1, -0.05) is 78.1 Å². The zero-order chi connectivity index (χ0) is 23.8. The van der Waals surface area contributed by atoms with Crippen molar-refractivity contribution in [1.82, 2.24) is 0 Å². The molecule has 1 aliphatic carbocycles. The Morgan fingerprint density at radius 3 is 1.97 bits per heavy atom. The fourth-order valence-corrected chi connectivity index (χ4v) is 3.86. The first-order valence-corrected chi connectivity index (χ1v) is 12.0. The molecule has 0 saturated heterocycles. The van der Waals surface area contributed by atoms with Gasteiger partial charge in [-0.2, -0.15) is 5.26 Å². The van der Waals surface area contributed by atoms with E-state index >= 15 is 0 Å². The zero-order valence-electron chi connectivity index (χ0n) is 19.6. The summed E-state index contributed by atoms with van der Waals surface area (Å²) in [6.07, 6.45) is 14.9. The number of unbranched alkanes of at least 4 members (excludes halogenated alkanes) is 10. The third-order valence-corrected chi connectivity index (χ3v) is 5.75. The minimum absolute atomic E-state index is 0.0724. The quantitative estimate of drug-likeness (QED) is 0.261. The number of hydrogen-bond donors (Lipinski definition) is 2. The highest BCUT2D eigenvalue weighted by Gasteiger charge is 2.55. The average Bonchev–Trinajstić information content (AvgIpc) is 2.77. The van der Waals surface area contributed by atoms with Crippen molar-refractivity contribution in [2.24, 2.45) is 5.92 Å². The van der Waals surface area contributed by atoms with Crippen LogP contribution in [0.5, 0.6) is 0 Å². The van der Waals surface area contributed by atoms with Crippen molar-refractivity contribution in [3.05, 3.63) is 23.5 Å². The van der Waals surface area contributed by atoms with Crippen molar-refractivity contribution in [2.45, 2.75) is 96.5 Å². The Morgan fingerprint density at radius 2 is 1.47 bits per heavy atom. The largest absolute Gasteiger partial charge is 0.494 e. The summed E-state index contributed by atoms with van der Waals surface area (Å²) in [6.45, 7) is 4.75. The minimum Gasteiger partial charge on any atom is -0.494 e. The van der Waals surface area contributed by atoms with E-state index in [1.54, 1.807) is 0 Å². The van der Waals surface area contributed by atoms with E-state index in [9.17, 15) is 25.1 Å². The second-order valence-electron chi connectivity index (χ2n) is 8.33. The van der Waals surface area contributed by atoms with Crippen LogP contribution in [0.25, 0.3) is 0 Å². The molecule has 32 heavy (non-hydrogen) atoms. The van der Waals surface area contributed by atoms with Gasteiger partial charge in [0.25, 0.3) is 0 Å². The Hall–Kier alpha value is -2.33. The molecule has 7 heteroatoms. The lowest BCUT2D eigenvalue weighted by Crippen LogP contribution is -2.53. The molecule has 0 saturated carbocycles. The van der Waals surface area contributed by atoms with Crippen LogP contribution < -0.4 is 0 Å². The van der Waals surface area contributed by atoms with Gasteiger partial charge in [-0.15, -0.1) is 0 Å². The van der Waals surface area contributed by atoms with Crippen LogP contribution in [0, 0.1) is 17.2 Å². The second-order valence-corrected chi connectivity index (χ2v) is 8.33. The summed E-state index contributed by atoms with van der Waals surface area (Å²) in [5.41, 5.74) is -2.49. The molecule has 2 N–H and O–H groups in total. The van der Waals surface area contributed by atoms with E-state index in [4.69, 9.17) is 9.47 Å². The molecule has 0 aromatic heterocycles. The number of rotatable bonds is 18. The molecule has 0 bridgehead atoms. The average molecular weight is 450 g/mol. The maximum Gasteiger partial charge on any atom is 0.342 e. The molecule has 0 aromatic rings. The highest BCUT2D eigenvalue weighted by Crippen LogP contribution is 2.38. The van der Waals surface area contributed by atoms with Crippen molar-refractivity contribution in [2.75, 3.05) is 13.2 Å². The molecule has 0 amide bonds. The summed E-state index contributed by atoms with van der Waals surface area (Å²) >= 11 is 0. The van der Waals surface area contributed by atoms with Crippen LogP contribution in [0.15, 0.2) is 23.5 Å². The normalized spacial score (nSPS) is 20.2. The molecule has 0 fully saturated rings. The van der Waals surface area contributed by atoms with Crippen LogP contribution >= 0.6 is 0 Å². The molecular weight excluding hydrogens is 410 g/mol. The van der Waals surface area contributed by atoms with Gasteiger partial charge in [-0.25, -0.2) is 4.79 Å². The van der Waals surface area contributed by atoms with Crippen molar-refractivity contribution < 1.29 is 29.3 Å². The lowest BCUT2D eigenvalue weighted by Gasteiger charge is -2.35. The topological polar surface area (TPSA) is 117 Å². The smallest absolute Gasteiger partial charge is 0.342 e. The Bertz CT molecular complexity index is 693. The number of ether oxygens (including phenoxy) is 2. The summed E-state index contributed by atoms with van der Waals surface area (Å²) in [6, 6.07) is 1.86. The predicted octanol–water partition coefficient (Wildman–Crippen LogP) is 5.61. The number of carbonyl (C=O) groups is 2. The number of carboxylic acid groups (broad SMARTS) is 2. The van der Waals surface area contributed by atoms with E-state index in [0.717, 1.165) is 51.4 Å². The Labute approximate surface area is 192 Å². The molecule has 0 radical (unpaired) electrons. The van der Waals surface area contributed by atoms with E-state index in [1.165, 1.54) is 31.4 Å².